The summed E-state index contributed by atoms with van der Waals surface area (Å²) in [6, 6.07) is 12.2. The normalized spacial score (nSPS) is 13.2. The number of aryl methyl sites for hydroxylation is 4. The molecule has 0 fully saturated rings. The number of hydrogen-bond acceptors (Lipinski definition) is 2. The van der Waals surface area contributed by atoms with Crippen LogP contribution in [0.15, 0.2) is 36.4 Å². The van der Waals surface area contributed by atoms with Crippen molar-refractivity contribution in [1.82, 2.24) is 5.32 Å². The zero-order valence-electron chi connectivity index (χ0n) is 16.1. The first kappa shape index (κ1) is 19.0. The van der Waals surface area contributed by atoms with Gasteiger partial charge in [-0.2, -0.15) is 0 Å². The van der Waals surface area contributed by atoms with Crippen LogP contribution in [0.3, 0.4) is 0 Å². The van der Waals surface area contributed by atoms with E-state index in [1.165, 1.54) is 22.3 Å². The fraction of sp³-hybridized carbons (Fsp3) is 0.409. The maximum Gasteiger partial charge on any atom is 0.261 e. The molecule has 2 aromatic carbocycles. The number of benzene rings is 2. The van der Waals surface area contributed by atoms with Gasteiger partial charge in [-0.3, -0.25) is 4.79 Å². The van der Waals surface area contributed by atoms with Gasteiger partial charge in [-0.1, -0.05) is 36.8 Å². The Hall–Kier alpha value is -2.29. The van der Waals surface area contributed by atoms with Crippen LogP contribution in [0.4, 0.5) is 0 Å². The molecule has 0 saturated heterocycles. The SMILES string of the molecule is CC[C@@H](NC(=O)[C@H](C)Oc1ccc(C)c(C)c1)c1ccc(C)cc1C. The highest BCUT2D eigenvalue weighted by Crippen LogP contribution is 2.22. The largest absolute Gasteiger partial charge is 0.481 e. The van der Waals surface area contributed by atoms with Crippen molar-refractivity contribution in [3.63, 3.8) is 0 Å². The Morgan fingerprint density at radius 1 is 1.00 bits per heavy atom. The Balaban J connectivity index is 2.06. The van der Waals surface area contributed by atoms with Crippen LogP contribution in [0.1, 0.15) is 54.1 Å². The van der Waals surface area contributed by atoms with Crippen LogP contribution < -0.4 is 10.1 Å². The lowest BCUT2D eigenvalue weighted by Gasteiger charge is -2.23. The molecule has 0 aliphatic carbocycles. The third kappa shape index (κ3) is 4.85. The second-order valence-electron chi connectivity index (χ2n) is 6.84. The Labute approximate surface area is 151 Å². The Morgan fingerprint density at radius 3 is 2.32 bits per heavy atom. The van der Waals surface area contributed by atoms with Gasteiger partial charge in [0.1, 0.15) is 5.75 Å². The van der Waals surface area contributed by atoms with Crippen LogP contribution in [0.25, 0.3) is 0 Å². The van der Waals surface area contributed by atoms with Crippen molar-refractivity contribution in [1.29, 1.82) is 0 Å². The lowest BCUT2D eigenvalue weighted by atomic mass is 9.97. The molecule has 2 atom stereocenters. The van der Waals surface area contributed by atoms with Crippen LogP contribution >= 0.6 is 0 Å². The molecule has 1 amide bonds. The van der Waals surface area contributed by atoms with E-state index in [9.17, 15) is 4.79 Å². The van der Waals surface area contributed by atoms with Gasteiger partial charge in [0.2, 0.25) is 0 Å². The molecule has 0 saturated carbocycles. The average Bonchev–Trinajstić information content (AvgIpc) is 2.56. The van der Waals surface area contributed by atoms with Gasteiger partial charge in [-0.05, 0) is 75.4 Å². The van der Waals surface area contributed by atoms with Crippen molar-refractivity contribution in [3.05, 3.63) is 64.2 Å². The summed E-state index contributed by atoms with van der Waals surface area (Å²) in [5.74, 6) is 0.635. The van der Waals surface area contributed by atoms with Crippen molar-refractivity contribution in [2.75, 3.05) is 0 Å². The van der Waals surface area contributed by atoms with E-state index in [1.54, 1.807) is 6.92 Å². The van der Waals surface area contributed by atoms with E-state index in [1.807, 2.05) is 25.1 Å². The number of rotatable bonds is 6. The van der Waals surface area contributed by atoms with Gasteiger partial charge in [0.25, 0.3) is 5.91 Å². The zero-order chi connectivity index (χ0) is 18.6. The molecule has 0 aliphatic rings. The molecule has 2 aromatic rings. The topological polar surface area (TPSA) is 38.3 Å². The maximum absolute atomic E-state index is 12.6. The summed E-state index contributed by atoms with van der Waals surface area (Å²) >= 11 is 0. The first-order valence-electron chi connectivity index (χ1n) is 8.93. The van der Waals surface area contributed by atoms with Crippen molar-refractivity contribution in [2.45, 2.75) is 60.1 Å². The van der Waals surface area contributed by atoms with E-state index in [2.05, 4.69) is 51.2 Å². The maximum atomic E-state index is 12.6. The highest BCUT2D eigenvalue weighted by atomic mass is 16.5. The van der Waals surface area contributed by atoms with Gasteiger partial charge < -0.3 is 10.1 Å². The summed E-state index contributed by atoms with van der Waals surface area (Å²) in [6.07, 6.45) is 0.299. The predicted octanol–water partition coefficient (Wildman–Crippen LogP) is 4.96. The number of amides is 1. The zero-order valence-corrected chi connectivity index (χ0v) is 16.1. The highest BCUT2D eigenvalue weighted by molar-refractivity contribution is 5.81. The summed E-state index contributed by atoms with van der Waals surface area (Å²) in [7, 11) is 0. The smallest absolute Gasteiger partial charge is 0.261 e. The Morgan fingerprint density at radius 2 is 1.72 bits per heavy atom. The van der Waals surface area contributed by atoms with Gasteiger partial charge in [0.05, 0.1) is 6.04 Å². The number of hydrogen-bond donors (Lipinski definition) is 1. The minimum absolute atomic E-state index is 0.00101. The quantitative estimate of drug-likeness (QED) is 0.808. The third-order valence-electron chi connectivity index (χ3n) is 4.69. The molecule has 1 N–H and O–H groups in total. The van der Waals surface area contributed by atoms with Crippen molar-refractivity contribution >= 4 is 5.91 Å². The number of carbonyl (C=O) groups excluding carboxylic acids is 1. The molecular formula is C22H29NO2. The summed E-state index contributed by atoms with van der Waals surface area (Å²) in [5.41, 5.74) is 5.97. The predicted molar refractivity (Wildman–Crippen MR) is 103 cm³/mol. The lowest BCUT2D eigenvalue weighted by molar-refractivity contribution is -0.128. The minimum Gasteiger partial charge on any atom is -0.481 e. The molecule has 2 rings (SSSR count). The molecular weight excluding hydrogens is 310 g/mol. The van der Waals surface area contributed by atoms with Crippen LogP contribution in [-0.2, 0) is 4.79 Å². The summed E-state index contributed by atoms with van der Waals surface area (Å²) in [6.45, 7) is 12.1. The van der Waals surface area contributed by atoms with Gasteiger partial charge >= 0.3 is 0 Å². The molecule has 0 heterocycles. The van der Waals surface area contributed by atoms with Gasteiger partial charge in [-0.25, -0.2) is 0 Å². The molecule has 3 heteroatoms. The second-order valence-corrected chi connectivity index (χ2v) is 6.84. The average molecular weight is 339 g/mol. The van der Waals surface area contributed by atoms with Crippen molar-refractivity contribution in [2.24, 2.45) is 0 Å². The van der Waals surface area contributed by atoms with Gasteiger partial charge in [-0.15, -0.1) is 0 Å². The fourth-order valence-corrected chi connectivity index (χ4v) is 2.95. The number of ether oxygens (including phenoxy) is 1. The van der Waals surface area contributed by atoms with E-state index in [0.717, 1.165) is 17.7 Å². The Kier molecular flexibility index (Phi) is 6.24. The monoisotopic (exact) mass is 339 g/mol. The fourth-order valence-electron chi connectivity index (χ4n) is 2.95. The molecule has 0 spiro atoms. The highest BCUT2D eigenvalue weighted by Gasteiger charge is 2.20. The number of nitrogens with one attached hydrogen (secondary N) is 1. The Bertz CT molecular complexity index is 752. The van der Waals surface area contributed by atoms with Crippen molar-refractivity contribution in [3.8, 4) is 5.75 Å². The van der Waals surface area contributed by atoms with E-state index >= 15 is 0 Å². The lowest BCUT2D eigenvalue weighted by Crippen LogP contribution is -2.38. The van der Waals surface area contributed by atoms with Crippen LogP contribution in [-0.4, -0.2) is 12.0 Å². The van der Waals surface area contributed by atoms with E-state index in [0.29, 0.717) is 0 Å². The van der Waals surface area contributed by atoms with Crippen molar-refractivity contribution < 1.29 is 9.53 Å². The van der Waals surface area contributed by atoms with Crippen LogP contribution in [0, 0.1) is 27.7 Å². The summed E-state index contributed by atoms with van der Waals surface area (Å²) in [4.78, 5) is 12.6. The summed E-state index contributed by atoms with van der Waals surface area (Å²) in [5, 5.41) is 3.13. The third-order valence-corrected chi connectivity index (χ3v) is 4.69. The molecule has 0 unspecified atom stereocenters. The van der Waals surface area contributed by atoms with E-state index in [4.69, 9.17) is 4.74 Å². The molecule has 134 valence electrons. The minimum atomic E-state index is -0.540. The first-order chi connectivity index (χ1) is 11.8. The molecule has 0 bridgehead atoms. The standard InChI is InChI=1S/C22H29NO2/c1-7-21(20-11-8-14(2)12-17(20)5)23-22(24)18(6)25-19-10-9-15(3)16(4)13-19/h8-13,18,21H,7H2,1-6H3,(H,23,24)/t18-,21+/m0/s1. The first-order valence-corrected chi connectivity index (χ1v) is 8.93. The molecule has 0 aliphatic heterocycles. The summed E-state index contributed by atoms with van der Waals surface area (Å²) < 4.78 is 5.83. The van der Waals surface area contributed by atoms with E-state index < -0.39 is 6.10 Å². The van der Waals surface area contributed by atoms with Gasteiger partial charge in [0, 0.05) is 0 Å². The molecule has 25 heavy (non-hydrogen) atoms. The second kappa shape index (κ2) is 8.19. The van der Waals surface area contributed by atoms with E-state index in [-0.39, 0.29) is 11.9 Å². The van der Waals surface area contributed by atoms with Gasteiger partial charge in [0.15, 0.2) is 6.10 Å². The van der Waals surface area contributed by atoms with Crippen LogP contribution in [0.2, 0.25) is 0 Å². The molecule has 3 nitrogen and oxygen atoms in total. The molecule has 0 radical (unpaired) electrons. The number of carbonyl (C=O) groups is 1. The van der Waals surface area contributed by atoms with Crippen LogP contribution in [0.5, 0.6) is 5.75 Å². The molecule has 0 aromatic heterocycles.